The van der Waals surface area contributed by atoms with E-state index in [0.717, 1.165) is 16.7 Å². The first kappa shape index (κ1) is 18.5. The molecule has 1 N–H and O–H groups in total. The molecule has 0 amide bonds. The monoisotopic (exact) mass is 395 g/mol. The summed E-state index contributed by atoms with van der Waals surface area (Å²) in [6.45, 7) is 2.36. The van der Waals surface area contributed by atoms with Gasteiger partial charge in [-0.2, -0.15) is 0 Å². The number of sulfonamides is 1. The van der Waals surface area contributed by atoms with E-state index in [1.165, 1.54) is 0 Å². The maximum Gasteiger partial charge on any atom is 0.240 e. The van der Waals surface area contributed by atoms with Crippen LogP contribution in [0, 0.1) is 6.92 Å². The van der Waals surface area contributed by atoms with Crippen molar-refractivity contribution in [2.75, 3.05) is 13.3 Å². The van der Waals surface area contributed by atoms with Gasteiger partial charge in [0.15, 0.2) is 11.5 Å². The van der Waals surface area contributed by atoms with Crippen molar-refractivity contribution in [2.24, 2.45) is 0 Å². The van der Waals surface area contributed by atoms with Crippen LogP contribution < -0.4 is 14.2 Å². The highest BCUT2D eigenvalue weighted by molar-refractivity contribution is 7.89. The molecule has 1 aliphatic heterocycles. The summed E-state index contributed by atoms with van der Waals surface area (Å²) >= 11 is 0. The first-order valence-electron chi connectivity index (χ1n) is 9.04. The van der Waals surface area contributed by atoms with Gasteiger partial charge in [-0.05, 0) is 42.3 Å². The van der Waals surface area contributed by atoms with Crippen molar-refractivity contribution in [3.63, 3.8) is 0 Å². The molecule has 0 saturated heterocycles. The minimum absolute atomic E-state index is 0.157. The van der Waals surface area contributed by atoms with Crippen molar-refractivity contribution in [1.29, 1.82) is 0 Å². The summed E-state index contributed by atoms with van der Waals surface area (Å²) in [4.78, 5) is 0.260. The Morgan fingerprint density at radius 3 is 2.36 bits per heavy atom. The van der Waals surface area contributed by atoms with E-state index in [-0.39, 0.29) is 24.2 Å². The standard InChI is InChI=1S/C22H21NO4S/c1-16-7-10-19(11-8-16)28(24,25)23-14-20(17-5-3-2-4-6-17)18-9-12-21-22(13-18)27-15-26-21/h2-13,20,23H,14-15H2,1H3. The highest BCUT2D eigenvalue weighted by Gasteiger charge is 2.22. The molecule has 0 aliphatic carbocycles. The van der Waals surface area contributed by atoms with Crippen LogP contribution in [0.1, 0.15) is 22.6 Å². The van der Waals surface area contributed by atoms with Crippen LogP contribution in [0.2, 0.25) is 0 Å². The topological polar surface area (TPSA) is 64.6 Å². The van der Waals surface area contributed by atoms with Crippen molar-refractivity contribution < 1.29 is 17.9 Å². The number of hydrogen-bond acceptors (Lipinski definition) is 4. The first-order valence-corrected chi connectivity index (χ1v) is 10.5. The van der Waals surface area contributed by atoms with Gasteiger partial charge in [0.25, 0.3) is 0 Å². The van der Waals surface area contributed by atoms with Crippen molar-refractivity contribution >= 4 is 10.0 Å². The number of benzene rings is 3. The zero-order valence-electron chi connectivity index (χ0n) is 15.5. The third-order valence-corrected chi connectivity index (χ3v) is 6.25. The fourth-order valence-corrected chi connectivity index (χ4v) is 4.28. The average Bonchev–Trinajstić information content (AvgIpc) is 3.17. The van der Waals surface area contributed by atoms with E-state index < -0.39 is 10.0 Å². The maximum absolute atomic E-state index is 12.7. The van der Waals surface area contributed by atoms with Crippen LogP contribution in [0.3, 0.4) is 0 Å². The Morgan fingerprint density at radius 2 is 1.61 bits per heavy atom. The minimum Gasteiger partial charge on any atom is -0.454 e. The molecule has 144 valence electrons. The SMILES string of the molecule is Cc1ccc(S(=O)(=O)NCC(c2ccccc2)c2ccc3c(c2)OCO3)cc1. The van der Waals surface area contributed by atoms with Crippen LogP contribution in [0.15, 0.2) is 77.7 Å². The molecular formula is C22H21NO4S. The number of fused-ring (bicyclic) bond motifs is 1. The summed E-state index contributed by atoms with van der Waals surface area (Å²) in [7, 11) is -3.61. The smallest absolute Gasteiger partial charge is 0.240 e. The molecule has 1 atom stereocenters. The van der Waals surface area contributed by atoms with Crippen molar-refractivity contribution in [3.05, 3.63) is 89.5 Å². The summed E-state index contributed by atoms with van der Waals surface area (Å²) in [6, 6.07) is 22.4. The van der Waals surface area contributed by atoms with Gasteiger partial charge >= 0.3 is 0 Å². The van der Waals surface area contributed by atoms with Crippen LogP contribution in [-0.2, 0) is 10.0 Å². The second kappa shape index (κ2) is 7.66. The minimum atomic E-state index is -3.61. The molecule has 1 heterocycles. The molecule has 3 aromatic rings. The Balaban J connectivity index is 1.62. The Hall–Kier alpha value is -2.83. The van der Waals surface area contributed by atoms with Gasteiger partial charge in [0.2, 0.25) is 16.8 Å². The largest absolute Gasteiger partial charge is 0.454 e. The lowest BCUT2D eigenvalue weighted by Crippen LogP contribution is -2.29. The summed E-state index contributed by atoms with van der Waals surface area (Å²) in [5.41, 5.74) is 3.00. The van der Waals surface area contributed by atoms with Gasteiger partial charge in [-0.3, -0.25) is 0 Å². The van der Waals surface area contributed by atoms with E-state index in [0.29, 0.717) is 11.5 Å². The van der Waals surface area contributed by atoms with Crippen molar-refractivity contribution in [3.8, 4) is 11.5 Å². The predicted octanol–water partition coefficient (Wildman–Crippen LogP) is 3.83. The molecule has 1 unspecified atom stereocenters. The lowest BCUT2D eigenvalue weighted by atomic mass is 9.91. The van der Waals surface area contributed by atoms with Gasteiger partial charge in [-0.1, -0.05) is 54.1 Å². The van der Waals surface area contributed by atoms with Crippen LogP contribution >= 0.6 is 0 Å². The van der Waals surface area contributed by atoms with Gasteiger partial charge in [0.05, 0.1) is 4.90 Å². The summed E-state index contributed by atoms with van der Waals surface area (Å²) in [5.74, 6) is 1.23. The Morgan fingerprint density at radius 1 is 0.893 bits per heavy atom. The number of nitrogens with one attached hydrogen (secondary N) is 1. The number of aryl methyl sites for hydroxylation is 1. The molecule has 0 fully saturated rings. The number of rotatable bonds is 6. The lowest BCUT2D eigenvalue weighted by molar-refractivity contribution is 0.174. The molecule has 0 spiro atoms. The Kier molecular flexibility index (Phi) is 5.07. The van der Waals surface area contributed by atoms with Gasteiger partial charge in [-0.15, -0.1) is 0 Å². The number of ether oxygens (including phenoxy) is 2. The third-order valence-electron chi connectivity index (χ3n) is 4.81. The van der Waals surface area contributed by atoms with Crippen LogP contribution in [-0.4, -0.2) is 21.8 Å². The fourth-order valence-electron chi connectivity index (χ4n) is 3.24. The fraction of sp³-hybridized carbons (Fsp3) is 0.182. The number of hydrogen-bond donors (Lipinski definition) is 1. The zero-order chi connectivity index (χ0) is 19.6. The summed E-state index contributed by atoms with van der Waals surface area (Å²) < 4.78 is 39.1. The Labute approximate surface area is 165 Å². The molecular weight excluding hydrogens is 374 g/mol. The summed E-state index contributed by atoms with van der Waals surface area (Å²) in [5, 5.41) is 0. The summed E-state index contributed by atoms with van der Waals surface area (Å²) in [6.07, 6.45) is 0. The molecule has 5 nitrogen and oxygen atoms in total. The molecule has 0 bridgehead atoms. The molecule has 0 aromatic heterocycles. The maximum atomic E-state index is 12.7. The highest BCUT2D eigenvalue weighted by Crippen LogP contribution is 2.36. The molecule has 0 saturated carbocycles. The quantitative estimate of drug-likeness (QED) is 0.689. The second-order valence-electron chi connectivity index (χ2n) is 6.74. The van der Waals surface area contributed by atoms with E-state index in [2.05, 4.69) is 4.72 Å². The molecule has 1 aliphatic rings. The average molecular weight is 395 g/mol. The predicted molar refractivity (Wildman–Crippen MR) is 107 cm³/mol. The van der Waals surface area contributed by atoms with E-state index in [9.17, 15) is 8.42 Å². The van der Waals surface area contributed by atoms with Gasteiger partial charge < -0.3 is 9.47 Å². The van der Waals surface area contributed by atoms with Crippen LogP contribution in [0.4, 0.5) is 0 Å². The van der Waals surface area contributed by atoms with E-state index in [4.69, 9.17) is 9.47 Å². The van der Waals surface area contributed by atoms with Gasteiger partial charge in [0, 0.05) is 12.5 Å². The third kappa shape index (κ3) is 3.88. The molecule has 28 heavy (non-hydrogen) atoms. The molecule has 0 radical (unpaired) electrons. The van der Waals surface area contributed by atoms with Gasteiger partial charge in [0.1, 0.15) is 0 Å². The van der Waals surface area contributed by atoms with Crippen molar-refractivity contribution in [2.45, 2.75) is 17.7 Å². The van der Waals surface area contributed by atoms with Crippen molar-refractivity contribution in [1.82, 2.24) is 4.72 Å². The van der Waals surface area contributed by atoms with Crippen LogP contribution in [0.25, 0.3) is 0 Å². The lowest BCUT2D eigenvalue weighted by Gasteiger charge is -2.19. The zero-order valence-corrected chi connectivity index (χ0v) is 16.3. The first-order chi connectivity index (χ1) is 13.5. The van der Waals surface area contributed by atoms with E-state index >= 15 is 0 Å². The Bertz CT molecular complexity index is 1060. The van der Waals surface area contributed by atoms with Gasteiger partial charge in [-0.25, -0.2) is 13.1 Å². The molecule has 4 rings (SSSR count). The van der Waals surface area contributed by atoms with E-state index in [1.54, 1.807) is 24.3 Å². The van der Waals surface area contributed by atoms with E-state index in [1.807, 2.05) is 55.5 Å². The normalized spacial score (nSPS) is 14.0. The molecule has 3 aromatic carbocycles. The molecule has 6 heteroatoms. The second-order valence-corrected chi connectivity index (χ2v) is 8.51. The highest BCUT2D eigenvalue weighted by atomic mass is 32.2. The van der Waals surface area contributed by atoms with Crippen LogP contribution in [0.5, 0.6) is 11.5 Å².